The Balaban J connectivity index is 2.10. The number of aromatic nitrogens is 3. The van der Waals surface area contributed by atoms with Crippen molar-refractivity contribution >= 4 is 11.9 Å². The molecule has 0 radical (unpaired) electrons. The summed E-state index contributed by atoms with van der Waals surface area (Å²) in [7, 11) is 1.75. The summed E-state index contributed by atoms with van der Waals surface area (Å²) in [4.78, 5) is 16.3. The van der Waals surface area contributed by atoms with Crippen molar-refractivity contribution in [2.45, 2.75) is 32.1 Å². The van der Waals surface area contributed by atoms with Crippen LogP contribution in [0.4, 0.5) is 5.95 Å². The Morgan fingerprint density at radius 3 is 2.76 bits per heavy atom. The molecule has 1 saturated carbocycles. The molecule has 0 aromatic carbocycles. The minimum Gasteiger partial charge on any atom is -0.329 e. The lowest BCUT2D eigenvalue weighted by Crippen LogP contribution is -2.44. The topological polar surface area (TPSA) is 85.8 Å². The highest BCUT2D eigenvalue weighted by atomic mass is 16.2. The van der Waals surface area contributed by atoms with Gasteiger partial charge >= 0.3 is 0 Å². The van der Waals surface area contributed by atoms with Crippen LogP contribution in [0.1, 0.15) is 32.1 Å². The number of hydrogen-bond donors (Lipinski definition) is 2. The minimum atomic E-state index is -0.412. The van der Waals surface area contributed by atoms with Crippen molar-refractivity contribution < 1.29 is 4.79 Å². The van der Waals surface area contributed by atoms with E-state index in [2.05, 4.69) is 15.4 Å². The van der Waals surface area contributed by atoms with Gasteiger partial charge in [-0.25, -0.2) is 4.68 Å². The first-order chi connectivity index (χ1) is 8.18. The van der Waals surface area contributed by atoms with E-state index in [9.17, 15) is 4.79 Å². The summed E-state index contributed by atoms with van der Waals surface area (Å²) in [5.41, 5.74) is 5.39. The summed E-state index contributed by atoms with van der Waals surface area (Å²) in [5.74, 6) is 0.462. The van der Waals surface area contributed by atoms with Crippen LogP contribution < -0.4 is 11.1 Å². The van der Waals surface area contributed by atoms with Gasteiger partial charge in [0.25, 0.3) is 0 Å². The Hall–Kier alpha value is -1.43. The van der Waals surface area contributed by atoms with Crippen molar-refractivity contribution in [1.29, 1.82) is 0 Å². The number of amides is 1. The van der Waals surface area contributed by atoms with Crippen LogP contribution in [-0.4, -0.2) is 27.2 Å². The number of carbonyl (C=O) groups excluding carboxylic acids is 1. The van der Waals surface area contributed by atoms with Crippen LogP contribution >= 0.6 is 0 Å². The highest BCUT2D eigenvalue weighted by Crippen LogP contribution is 2.36. The summed E-state index contributed by atoms with van der Waals surface area (Å²) in [6.45, 7) is 0.399. The van der Waals surface area contributed by atoms with Crippen molar-refractivity contribution in [2.24, 2.45) is 18.2 Å². The zero-order valence-electron chi connectivity index (χ0n) is 10.1. The first-order valence-electron chi connectivity index (χ1n) is 6.03. The SMILES string of the molecule is Cn1ncnc1NC(=O)C1(CN)CCCCC1. The van der Waals surface area contributed by atoms with Crippen LogP contribution in [0.25, 0.3) is 0 Å². The molecule has 1 aliphatic rings. The monoisotopic (exact) mass is 237 g/mol. The third-order valence-corrected chi connectivity index (χ3v) is 3.62. The molecule has 0 bridgehead atoms. The number of nitrogens with zero attached hydrogens (tertiary/aromatic N) is 3. The molecule has 2 rings (SSSR count). The number of anilines is 1. The molecule has 0 aliphatic heterocycles. The largest absolute Gasteiger partial charge is 0.329 e. The van der Waals surface area contributed by atoms with Crippen molar-refractivity contribution in [3.05, 3.63) is 6.33 Å². The van der Waals surface area contributed by atoms with E-state index in [1.807, 2.05) is 0 Å². The lowest BCUT2D eigenvalue weighted by Gasteiger charge is -2.34. The zero-order chi connectivity index (χ0) is 12.3. The first-order valence-corrected chi connectivity index (χ1v) is 6.03. The molecule has 1 amide bonds. The molecule has 0 unspecified atom stereocenters. The molecule has 6 nitrogen and oxygen atoms in total. The normalized spacial score (nSPS) is 18.9. The van der Waals surface area contributed by atoms with Gasteiger partial charge in [-0.2, -0.15) is 10.1 Å². The van der Waals surface area contributed by atoms with Crippen LogP contribution in [0.15, 0.2) is 6.33 Å². The smallest absolute Gasteiger partial charge is 0.234 e. The van der Waals surface area contributed by atoms with Crippen molar-refractivity contribution in [3.63, 3.8) is 0 Å². The summed E-state index contributed by atoms with van der Waals surface area (Å²) in [6.07, 6.45) is 6.50. The predicted octanol–water partition coefficient (Wildman–Crippen LogP) is 0.663. The van der Waals surface area contributed by atoms with Gasteiger partial charge < -0.3 is 5.73 Å². The van der Waals surface area contributed by atoms with Crippen molar-refractivity contribution in [1.82, 2.24) is 14.8 Å². The maximum absolute atomic E-state index is 12.3. The Morgan fingerprint density at radius 1 is 1.53 bits per heavy atom. The molecular weight excluding hydrogens is 218 g/mol. The second-order valence-corrected chi connectivity index (χ2v) is 4.71. The van der Waals surface area contributed by atoms with E-state index >= 15 is 0 Å². The molecule has 0 saturated heterocycles. The fourth-order valence-electron chi connectivity index (χ4n) is 2.40. The number of rotatable bonds is 3. The van der Waals surface area contributed by atoms with Crippen LogP contribution in [0, 0.1) is 5.41 Å². The Bertz CT molecular complexity index is 394. The minimum absolute atomic E-state index is 0.0178. The van der Waals surface area contributed by atoms with Gasteiger partial charge in [-0.15, -0.1) is 0 Å². The summed E-state index contributed by atoms with van der Waals surface area (Å²) in [5, 5.41) is 6.75. The van der Waals surface area contributed by atoms with Gasteiger partial charge in [0.2, 0.25) is 11.9 Å². The Kier molecular flexibility index (Phi) is 3.42. The number of nitrogens with one attached hydrogen (secondary N) is 1. The predicted molar refractivity (Wildman–Crippen MR) is 64.2 cm³/mol. The standard InChI is InChI=1S/C11H19N5O/c1-16-10(13-8-14-16)15-9(17)11(7-12)5-3-2-4-6-11/h8H,2-7,12H2,1H3,(H,13,14,15,17). The molecule has 17 heavy (non-hydrogen) atoms. The lowest BCUT2D eigenvalue weighted by atomic mass is 9.73. The maximum atomic E-state index is 12.3. The number of aryl methyl sites for hydroxylation is 1. The molecule has 1 fully saturated rings. The molecule has 1 aliphatic carbocycles. The lowest BCUT2D eigenvalue weighted by molar-refractivity contribution is -0.126. The molecule has 1 aromatic rings. The average Bonchev–Trinajstić information content (AvgIpc) is 2.76. The molecule has 3 N–H and O–H groups in total. The molecule has 6 heteroatoms. The Labute approximate surface area is 101 Å². The van der Waals surface area contributed by atoms with Crippen LogP contribution in [0.2, 0.25) is 0 Å². The van der Waals surface area contributed by atoms with Gasteiger partial charge in [0, 0.05) is 13.6 Å². The summed E-state index contributed by atoms with van der Waals surface area (Å²) >= 11 is 0. The highest BCUT2D eigenvalue weighted by Gasteiger charge is 2.38. The van der Waals surface area contributed by atoms with Gasteiger partial charge in [0.1, 0.15) is 6.33 Å². The molecule has 1 aromatic heterocycles. The Morgan fingerprint density at radius 2 is 2.24 bits per heavy atom. The first kappa shape index (κ1) is 12.0. The zero-order valence-corrected chi connectivity index (χ0v) is 10.1. The van der Waals surface area contributed by atoms with E-state index in [1.165, 1.54) is 12.7 Å². The van der Waals surface area contributed by atoms with Crippen molar-refractivity contribution in [2.75, 3.05) is 11.9 Å². The highest BCUT2D eigenvalue weighted by molar-refractivity contribution is 5.94. The van der Waals surface area contributed by atoms with Crippen molar-refractivity contribution in [3.8, 4) is 0 Å². The van der Waals surface area contributed by atoms with Gasteiger partial charge in [-0.3, -0.25) is 10.1 Å². The summed E-state index contributed by atoms with van der Waals surface area (Å²) < 4.78 is 1.55. The second-order valence-electron chi connectivity index (χ2n) is 4.71. The van der Waals surface area contributed by atoms with Gasteiger partial charge in [-0.1, -0.05) is 19.3 Å². The average molecular weight is 237 g/mol. The van der Waals surface area contributed by atoms with E-state index in [4.69, 9.17) is 5.73 Å². The van der Waals surface area contributed by atoms with E-state index < -0.39 is 5.41 Å². The molecule has 0 spiro atoms. The summed E-state index contributed by atoms with van der Waals surface area (Å²) in [6, 6.07) is 0. The molecule has 1 heterocycles. The molecule has 94 valence electrons. The third kappa shape index (κ3) is 2.31. The van der Waals surface area contributed by atoms with Crippen LogP contribution in [0.3, 0.4) is 0 Å². The van der Waals surface area contributed by atoms with E-state index in [-0.39, 0.29) is 5.91 Å². The quantitative estimate of drug-likeness (QED) is 0.808. The fourth-order valence-corrected chi connectivity index (χ4v) is 2.40. The molecule has 0 atom stereocenters. The van der Waals surface area contributed by atoms with Crippen LogP contribution in [0.5, 0.6) is 0 Å². The fraction of sp³-hybridized carbons (Fsp3) is 0.727. The van der Waals surface area contributed by atoms with Gasteiger partial charge in [0.15, 0.2) is 0 Å². The molecular formula is C11H19N5O. The third-order valence-electron chi connectivity index (χ3n) is 3.62. The van der Waals surface area contributed by atoms with Gasteiger partial charge in [-0.05, 0) is 12.8 Å². The van der Waals surface area contributed by atoms with E-state index in [0.29, 0.717) is 12.5 Å². The maximum Gasteiger partial charge on any atom is 0.234 e. The van der Waals surface area contributed by atoms with Crippen LogP contribution in [-0.2, 0) is 11.8 Å². The van der Waals surface area contributed by atoms with Gasteiger partial charge in [0.05, 0.1) is 5.41 Å². The van der Waals surface area contributed by atoms with E-state index in [1.54, 1.807) is 11.7 Å². The number of nitrogens with two attached hydrogens (primary N) is 1. The number of hydrogen-bond acceptors (Lipinski definition) is 4. The number of carbonyl (C=O) groups is 1. The van der Waals surface area contributed by atoms with E-state index in [0.717, 1.165) is 25.7 Å². The second kappa shape index (κ2) is 4.83.